The maximum absolute atomic E-state index is 13.6. The highest BCUT2D eigenvalue weighted by atomic mass is 19.1. The number of aryl methyl sites for hydroxylation is 4. The molecule has 1 saturated heterocycles. The van der Waals surface area contributed by atoms with Crippen LogP contribution in [0.15, 0.2) is 36.7 Å². The van der Waals surface area contributed by atoms with Crippen LogP contribution in [-0.4, -0.2) is 56.0 Å². The van der Waals surface area contributed by atoms with Crippen LogP contribution in [0.25, 0.3) is 22.4 Å². The second-order valence-corrected chi connectivity index (χ2v) is 7.68. The lowest BCUT2D eigenvalue weighted by atomic mass is 10.0. The van der Waals surface area contributed by atoms with Gasteiger partial charge in [-0.1, -0.05) is 0 Å². The molecule has 32 heavy (non-hydrogen) atoms. The summed E-state index contributed by atoms with van der Waals surface area (Å²) < 4.78 is 20.8. The number of halogens is 1. The van der Waals surface area contributed by atoms with Crippen molar-refractivity contribution in [2.75, 3.05) is 31.2 Å². The molecule has 3 aromatic heterocycles. The minimum atomic E-state index is -0.267. The van der Waals surface area contributed by atoms with Gasteiger partial charge < -0.3 is 9.64 Å². The molecule has 0 amide bonds. The Morgan fingerprint density at radius 3 is 2.34 bits per heavy atom. The number of fused-ring (bicyclic) bond motifs is 1. The van der Waals surface area contributed by atoms with Gasteiger partial charge in [0.15, 0.2) is 5.65 Å². The number of ether oxygens (including phenoxy) is 1. The molecular weight excluding hydrogens is 409 g/mol. The molecule has 9 heteroatoms. The van der Waals surface area contributed by atoms with Gasteiger partial charge in [-0.3, -0.25) is 4.68 Å². The molecule has 1 fully saturated rings. The monoisotopic (exact) mass is 435 g/mol. The van der Waals surface area contributed by atoms with Crippen LogP contribution in [0, 0.1) is 26.6 Å². The van der Waals surface area contributed by atoms with Crippen LogP contribution in [0.4, 0.5) is 10.3 Å². The van der Waals surface area contributed by atoms with Crippen LogP contribution in [-0.2, 0) is 11.8 Å². The molecule has 0 N–H and O–H groups in total. The summed E-state index contributed by atoms with van der Waals surface area (Å²) in [6, 6.07) is 6.58. The number of aromatic nitrogens is 6. The van der Waals surface area contributed by atoms with E-state index in [-0.39, 0.29) is 5.82 Å². The van der Waals surface area contributed by atoms with Crippen LogP contribution in [0.3, 0.4) is 0 Å². The maximum Gasteiger partial charge on any atom is 0.228 e. The molecule has 166 valence electrons. The molecule has 5 rings (SSSR count). The molecule has 1 aromatic carbocycles. The lowest BCUT2D eigenvalue weighted by Crippen LogP contribution is -2.37. The Morgan fingerprint density at radius 1 is 0.969 bits per heavy atom. The van der Waals surface area contributed by atoms with Crippen LogP contribution in [0.1, 0.15) is 17.0 Å². The highest BCUT2D eigenvalue weighted by Gasteiger charge is 2.20. The quantitative estimate of drug-likeness (QED) is 0.477. The molecule has 0 radical (unpaired) electrons. The molecule has 0 saturated carbocycles. The van der Waals surface area contributed by atoms with E-state index < -0.39 is 0 Å². The van der Waals surface area contributed by atoms with Crippen LogP contribution in [0.2, 0.25) is 0 Å². The fraction of sp³-hybridized carbons (Fsp3) is 0.348. The molecule has 1 aliphatic heterocycles. The summed E-state index contributed by atoms with van der Waals surface area (Å²) in [4.78, 5) is 20.8. The normalized spacial score (nSPS) is 13.7. The summed E-state index contributed by atoms with van der Waals surface area (Å²) in [5, 5.41) is 3.83. The van der Waals surface area contributed by atoms with Crippen LogP contribution >= 0.6 is 0 Å². The number of anilines is 1. The van der Waals surface area contributed by atoms with Crippen molar-refractivity contribution >= 4 is 17.1 Å². The van der Waals surface area contributed by atoms with Crippen LogP contribution in [0.5, 0.6) is 0 Å². The van der Waals surface area contributed by atoms with E-state index in [1.807, 2.05) is 40.1 Å². The van der Waals surface area contributed by atoms with E-state index in [1.165, 1.54) is 12.1 Å². The molecule has 0 atom stereocenters. The first kappa shape index (κ1) is 21.8. The zero-order valence-corrected chi connectivity index (χ0v) is 18.7. The predicted octanol–water partition coefficient (Wildman–Crippen LogP) is 3.41. The summed E-state index contributed by atoms with van der Waals surface area (Å²) in [5.74, 6) is 0.341. The topological polar surface area (TPSA) is 81.9 Å². The van der Waals surface area contributed by atoms with Crippen molar-refractivity contribution in [1.29, 1.82) is 0 Å². The number of benzene rings is 1. The average Bonchev–Trinajstić information content (AvgIpc) is 3.26. The van der Waals surface area contributed by atoms with E-state index in [1.54, 1.807) is 16.9 Å². The third-order valence-electron chi connectivity index (χ3n) is 5.30. The molecule has 4 heterocycles. The second-order valence-electron chi connectivity index (χ2n) is 7.68. The van der Waals surface area contributed by atoms with Gasteiger partial charge >= 0.3 is 0 Å². The van der Waals surface area contributed by atoms with Gasteiger partial charge in [0, 0.05) is 38.1 Å². The summed E-state index contributed by atoms with van der Waals surface area (Å²) >= 11 is 0. The van der Waals surface area contributed by atoms with Gasteiger partial charge in [0.1, 0.15) is 17.0 Å². The second kappa shape index (κ2) is 9.35. The maximum atomic E-state index is 13.6. The zero-order valence-electron chi connectivity index (χ0n) is 18.7. The van der Waals surface area contributed by atoms with Gasteiger partial charge in [0.2, 0.25) is 5.95 Å². The van der Waals surface area contributed by atoms with E-state index in [9.17, 15) is 4.39 Å². The van der Waals surface area contributed by atoms with Gasteiger partial charge in [0.05, 0.1) is 24.6 Å². The molecular formula is C23H26FN7O. The number of morpholine rings is 1. The Balaban J connectivity index is 0.000000354. The Kier molecular flexibility index (Phi) is 6.36. The fourth-order valence-electron chi connectivity index (χ4n) is 3.43. The first-order chi connectivity index (χ1) is 15.4. The lowest BCUT2D eigenvalue weighted by molar-refractivity contribution is 0.122. The van der Waals surface area contributed by atoms with Crippen molar-refractivity contribution < 1.29 is 9.13 Å². The van der Waals surface area contributed by atoms with Crippen molar-refractivity contribution in [3.8, 4) is 11.3 Å². The Morgan fingerprint density at radius 2 is 1.72 bits per heavy atom. The third kappa shape index (κ3) is 4.72. The van der Waals surface area contributed by atoms with Crippen molar-refractivity contribution in [3.05, 3.63) is 59.4 Å². The highest BCUT2D eigenvalue weighted by Crippen LogP contribution is 2.30. The van der Waals surface area contributed by atoms with Crippen molar-refractivity contribution in [2.24, 2.45) is 7.05 Å². The SMILES string of the molecule is Cc1cc(F)ccc1-c1nc(N2CCOCC2)nc2nc(C)c(C)nc12.Cn1cccn1. The summed E-state index contributed by atoms with van der Waals surface area (Å²) in [6.07, 6.45) is 3.64. The van der Waals surface area contributed by atoms with E-state index >= 15 is 0 Å². The van der Waals surface area contributed by atoms with Gasteiger partial charge in [-0.2, -0.15) is 10.1 Å². The molecule has 0 spiro atoms. The van der Waals surface area contributed by atoms with Gasteiger partial charge in [-0.25, -0.2) is 19.3 Å². The highest BCUT2D eigenvalue weighted by molar-refractivity contribution is 5.89. The van der Waals surface area contributed by atoms with E-state index in [0.717, 1.165) is 35.6 Å². The summed E-state index contributed by atoms with van der Waals surface area (Å²) in [5.41, 5.74) is 5.20. The van der Waals surface area contributed by atoms with Crippen molar-refractivity contribution in [2.45, 2.75) is 20.8 Å². The van der Waals surface area contributed by atoms with Crippen molar-refractivity contribution in [3.63, 3.8) is 0 Å². The number of hydrogen-bond donors (Lipinski definition) is 0. The Bertz CT molecular complexity index is 1220. The Labute approximate surface area is 186 Å². The molecule has 1 aliphatic rings. The molecule has 4 aromatic rings. The van der Waals surface area contributed by atoms with E-state index in [2.05, 4.69) is 25.0 Å². The smallest absolute Gasteiger partial charge is 0.228 e. The van der Waals surface area contributed by atoms with Gasteiger partial charge in [-0.05, 0) is 50.6 Å². The fourth-order valence-corrected chi connectivity index (χ4v) is 3.43. The predicted molar refractivity (Wildman–Crippen MR) is 121 cm³/mol. The third-order valence-corrected chi connectivity index (χ3v) is 5.30. The summed E-state index contributed by atoms with van der Waals surface area (Å²) in [7, 11) is 1.89. The first-order valence-corrected chi connectivity index (χ1v) is 10.5. The van der Waals surface area contributed by atoms with E-state index in [4.69, 9.17) is 9.72 Å². The van der Waals surface area contributed by atoms with Crippen LogP contribution < -0.4 is 4.90 Å². The average molecular weight is 436 g/mol. The molecule has 0 bridgehead atoms. The summed E-state index contributed by atoms with van der Waals surface area (Å²) in [6.45, 7) is 8.45. The van der Waals surface area contributed by atoms with Gasteiger partial charge in [0.25, 0.3) is 0 Å². The molecule has 8 nitrogen and oxygen atoms in total. The van der Waals surface area contributed by atoms with Crippen molar-refractivity contribution in [1.82, 2.24) is 29.7 Å². The lowest BCUT2D eigenvalue weighted by Gasteiger charge is -2.27. The number of hydrogen-bond acceptors (Lipinski definition) is 7. The molecule has 0 aliphatic carbocycles. The first-order valence-electron chi connectivity index (χ1n) is 10.5. The Hall–Kier alpha value is -3.46. The van der Waals surface area contributed by atoms with Gasteiger partial charge in [-0.15, -0.1) is 0 Å². The number of nitrogens with zero attached hydrogens (tertiary/aromatic N) is 7. The largest absolute Gasteiger partial charge is 0.378 e. The minimum Gasteiger partial charge on any atom is -0.378 e. The zero-order chi connectivity index (χ0) is 22.7. The number of rotatable bonds is 2. The standard InChI is InChI=1S/C19H20FN5O.C4H6N2/c1-11-10-14(20)4-5-15(11)16-17-18(22-13(3)12(2)21-17)24-19(23-16)25-6-8-26-9-7-25;1-6-4-2-3-5-6/h4-5,10H,6-9H2,1-3H3;2-4H,1H3. The van der Waals surface area contributed by atoms with E-state index in [0.29, 0.717) is 36.0 Å². The molecule has 0 unspecified atom stereocenters. The minimum absolute atomic E-state index is 0.267.